The number of thiazole rings is 1. The van der Waals surface area contributed by atoms with E-state index in [4.69, 9.17) is 9.47 Å². The van der Waals surface area contributed by atoms with Crippen molar-refractivity contribution in [3.63, 3.8) is 0 Å². The van der Waals surface area contributed by atoms with Crippen molar-refractivity contribution >= 4 is 39.9 Å². The molecule has 3 aromatic rings. The number of ether oxygens (including phenoxy) is 2. The highest BCUT2D eigenvalue weighted by molar-refractivity contribution is 7.17. The summed E-state index contributed by atoms with van der Waals surface area (Å²) >= 11 is 0.968. The smallest absolute Gasteiger partial charge is 0.350 e. The third-order valence-electron chi connectivity index (χ3n) is 6.60. The Hall–Kier alpha value is -3.98. The van der Waals surface area contributed by atoms with Crippen molar-refractivity contribution in [1.29, 1.82) is 0 Å². The van der Waals surface area contributed by atoms with E-state index < -0.39 is 23.7 Å². The topological polar surface area (TPSA) is 106 Å². The lowest BCUT2D eigenvalue weighted by molar-refractivity contribution is -0.132. The van der Waals surface area contributed by atoms with Crippen LogP contribution in [0.5, 0.6) is 5.75 Å². The molecule has 1 fully saturated rings. The van der Waals surface area contributed by atoms with Crippen molar-refractivity contribution in [2.45, 2.75) is 52.5 Å². The minimum Gasteiger partial charge on any atom is -0.507 e. The number of hydrogen-bond donors (Lipinski definition) is 1. The van der Waals surface area contributed by atoms with Gasteiger partial charge < -0.3 is 14.6 Å². The van der Waals surface area contributed by atoms with Gasteiger partial charge in [0.05, 0.1) is 31.0 Å². The fourth-order valence-corrected chi connectivity index (χ4v) is 5.41. The van der Waals surface area contributed by atoms with Gasteiger partial charge in [0, 0.05) is 5.56 Å². The number of amides is 1. The standard InChI is InChI=1S/C30H32N2O6S/c1-6-7-15-38-22-10-8-9-21(16-22)25(33)23-24(20-13-11-19(12-14-20)17(2)3)32(28(35)26(23)34)30-31-18(4)27(39-30)29(36)37-5/h8-14,16-17,24,33H,6-7,15H2,1-5H3/b25-23+. The maximum Gasteiger partial charge on any atom is 0.350 e. The van der Waals surface area contributed by atoms with Crippen LogP contribution in [0.15, 0.2) is 54.1 Å². The van der Waals surface area contributed by atoms with Crippen molar-refractivity contribution in [3.8, 4) is 5.75 Å². The molecule has 204 valence electrons. The molecule has 1 saturated heterocycles. The quantitative estimate of drug-likeness (QED) is 0.112. The monoisotopic (exact) mass is 548 g/mol. The maximum atomic E-state index is 13.5. The largest absolute Gasteiger partial charge is 0.507 e. The number of nitrogens with zero attached hydrogens (tertiary/aromatic N) is 2. The summed E-state index contributed by atoms with van der Waals surface area (Å²) in [5, 5.41) is 11.6. The predicted molar refractivity (Wildman–Crippen MR) is 150 cm³/mol. The molecule has 1 unspecified atom stereocenters. The summed E-state index contributed by atoms with van der Waals surface area (Å²) in [7, 11) is 1.27. The predicted octanol–water partition coefficient (Wildman–Crippen LogP) is 6.17. The molecular weight excluding hydrogens is 516 g/mol. The van der Waals surface area contributed by atoms with Crippen LogP contribution in [0.3, 0.4) is 0 Å². The van der Waals surface area contributed by atoms with Gasteiger partial charge in [-0.15, -0.1) is 0 Å². The molecule has 9 heteroatoms. The summed E-state index contributed by atoms with van der Waals surface area (Å²) in [5.74, 6) is -1.73. The number of aromatic nitrogens is 1. The highest BCUT2D eigenvalue weighted by Gasteiger charge is 2.48. The second-order valence-electron chi connectivity index (χ2n) is 9.62. The van der Waals surface area contributed by atoms with E-state index >= 15 is 0 Å². The average Bonchev–Trinajstić information content (AvgIpc) is 3.44. The Labute approximate surface area is 231 Å². The Morgan fingerprint density at radius 1 is 1.15 bits per heavy atom. The molecule has 1 aliphatic rings. The van der Waals surface area contributed by atoms with Crippen LogP contribution in [0.1, 0.15) is 77.6 Å². The van der Waals surface area contributed by atoms with Gasteiger partial charge in [-0.05, 0) is 42.5 Å². The van der Waals surface area contributed by atoms with Gasteiger partial charge in [-0.2, -0.15) is 0 Å². The number of ketones is 1. The summed E-state index contributed by atoms with van der Waals surface area (Å²) in [6.07, 6.45) is 1.86. The number of esters is 1. The molecule has 1 aliphatic heterocycles. The van der Waals surface area contributed by atoms with Crippen LogP contribution in [0, 0.1) is 6.92 Å². The molecule has 0 saturated carbocycles. The molecule has 4 rings (SSSR count). The van der Waals surface area contributed by atoms with Gasteiger partial charge in [-0.25, -0.2) is 9.78 Å². The number of methoxy groups -OCH3 is 1. The van der Waals surface area contributed by atoms with Crippen LogP contribution in [0.4, 0.5) is 5.13 Å². The van der Waals surface area contributed by atoms with Crippen LogP contribution in [-0.4, -0.2) is 41.5 Å². The second kappa shape index (κ2) is 11.8. The number of carbonyl (C=O) groups is 3. The lowest BCUT2D eigenvalue weighted by Gasteiger charge is -2.23. The molecule has 1 aromatic heterocycles. The van der Waals surface area contributed by atoms with E-state index in [1.165, 1.54) is 12.0 Å². The Morgan fingerprint density at radius 2 is 1.87 bits per heavy atom. The van der Waals surface area contributed by atoms with Crippen LogP contribution in [0.2, 0.25) is 0 Å². The van der Waals surface area contributed by atoms with Gasteiger partial charge in [0.1, 0.15) is 16.4 Å². The molecule has 0 bridgehead atoms. The van der Waals surface area contributed by atoms with Gasteiger partial charge in [0.15, 0.2) is 5.13 Å². The lowest BCUT2D eigenvalue weighted by Crippen LogP contribution is -2.29. The molecule has 2 aromatic carbocycles. The number of carbonyl (C=O) groups excluding carboxylic acids is 3. The summed E-state index contributed by atoms with van der Waals surface area (Å²) in [5.41, 5.74) is 2.40. The summed E-state index contributed by atoms with van der Waals surface area (Å²) in [6, 6.07) is 13.4. The number of anilines is 1. The summed E-state index contributed by atoms with van der Waals surface area (Å²) < 4.78 is 10.6. The average molecular weight is 549 g/mol. The Bertz CT molecular complexity index is 1420. The second-order valence-corrected chi connectivity index (χ2v) is 10.6. The molecule has 0 radical (unpaired) electrons. The molecule has 2 heterocycles. The van der Waals surface area contributed by atoms with Gasteiger partial charge in [-0.3, -0.25) is 14.5 Å². The van der Waals surface area contributed by atoms with Crippen molar-refractivity contribution in [2.24, 2.45) is 0 Å². The number of unbranched alkanes of at least 4 members (excludes halogenated alkanes) is 1. The number of aryl methyl sites for hydroxylation is 1. The van der Waals surface area contributed by atoms with E-state index in [0.29, 0.717) is 29.2 Å². The highest BCUT2D eigenvalue weighted by atomic mass is 32.1. The highest BCUT2D eigenvalue weighted by Crippen LogP contribution is 2.44. The summed E-state index contributed by atoms with van der Waals surface area (Å²) in [6.45, 7) is 8.38. The number of Topliss-reactive ketones (excluding diaryl/α,β-unsaturated/α-hetero) is 1. The number of hydrogen-bond acceptors (Lipinski definition) is 8. The molecule has 1 N–H and O–H groups in total. The van der Waals surface area contributed by atoms with Crippen molar-refractivity contribution in [2.75, 3.05) is 18.6 Å². The number of benzene rings is 2. The SMILES string of the molecule is CCCCOc1cccc(/C(O)=C2\C(=O)C(=O)N(c3nc(C)c(C(=O)OC)s3)C2c2ccc(C(C)C)cc2)c1. The molecule has 39 heavy (non-hydrogen) atoms. The molecule has 0 aliphatic carbocycles. The molecule has 0 spiro atoms. The minimum absolute atomic E-state index is 0.0597. The van der Waals surface area contributed by atoms with E-state index in [0.717, 1.165) is 29.7 Å². The van der Waals surface area contributed by atoms with Gasteiger partial charge in [0.25, 0.3) is 5.78 Å². The molecule has 1 amide bonds. The van der Waals surface area contributed by atoms with Crippen molar-refractivity contribution in [3.05, 3.63) is 81.4 Å². The maximum absolute atomic E-state index is 13.5. The lowest BCUT2D eigenvalue weighted by atomic mass is 9.93. The van der Waals surface area contributed by atoms with Crippen LogP contribution < -0.4 is 9.64 Å². The number of aliphatic hydroxyl groups excluding tert-OH is 1. The zero-order valence-corrected chi connectivity index (χ0v) is 23.5. The molecule has 1 atom stereocenters. The molecular formula is C30H32N2O6S. The summed E-state index contributed by atoms with van der Waals surface area (Å²) in [4.78, 5) is 45.1. The van der Waals surface area contributed by atoms with Crippen molar-refractivity contribution < 1.29 is 29.0 Å². The van der Waals surface area contributed by atoms with Gasteiger partial charge >= 0.3 is 11.9 Å². The number of aliphatic hydroxyl groups is 1. The van der Waals surface area contributed by atoms with E-state index in [1.54, 1.807) is 31.2 Å². The van der Waals surface area contributed by atoms with Crippen LogP contribution in [-0.2, 0) is 14.3 Å². The fraction of sp³-hybridized carbons (Fsp3) is 0.333. The van der Waals surface area contributed by atoms with E-state index in [-0.39, 0.29) is 27.3 Å². The first-order chi connectivity index (χ1) is 18.7. The minimum atomic E-state index is -0.952. The fourth-order valence-electron chi connectivity index (χ4n) is 4.40. The Morgan fingerprint density at radius 3 is 2.51 bits per heavy atom. The van der Waals surface area contributed by atoms with E-state index in [2.05, 4.69) is 25.8 Å². The molecule has 8 nitrogen and oxygen atoms in total. The van der Waals surface area contributed by atoms with Crippen LogP contribution in [0.25, 0.3) is 5.76 Å². The number of rotatable bonds is 9. The third kappa shape index (κ3) is 5.59. The van der Waals surface area contributed by atoms with Gasteiger partial charge in [-0.1, -0.05) is 74.9 Å². The normalized spacial score (nSPS) is 16.7. The third-order valence-corrected chi connectivity index (χ3v) is 7.74. The van der Waals surface area contributed by atoms with E-state index in [1.807, 2.05) is 24.3 Å². The first-order valence-corrected chi connectivity index (χ1v) is 13.7. The first kappa shape index (κ1) is 28.0. The van der Waals surface area contributed by atoms with Crippen molar-refractivity contribution in [1.82, 2.24) is 4.98 Å². The Balaban J connectivity index is 1.87. The Kier molecular flexibility index (Phi) is 8.50. The first-order valence-electron chi connectivity index (χ1n) is 12.9. The van der Waals surface area contributed by atoms with E-state index in [9.17, 15) is 19.5 Å². The van der Waals surface area contributed by atoms with Gasteiger partial charge in [0.2, 0.25) is 0 Å². The van der Waals surface area contributed by atoms with Crippen LogP contribution >= 0.6 is 11.3 Å². The zero-order valence-electron chi connectivity index (χ0n) is 22.7. The zero-order chi connectivity index (χ0) is 28.3.